The second-order valence-corrected chi connectivity index (χ2v) is 7.83. The van der Waals surface area contributed by atoms with E-state index in [-0.39, 0.29) is 18.0 Å². The normalized spacial score (nSPS) is 11.9. The Kier molecular flexibility index (Phi) is 7.65. The lowest BCUT2D eigenvalue weighted by molar-refractivity contribution is -0.120. The molecule has 0 saturated carbocycles. The summed E-state index contributed by atoms with van der Waals surface area (Å²) >= 11 is 0. The molecule has 25 heavy (non-hydrogen) atoms. The summed E-state index contributed by atoms with van der Waals surface area (Å²) in [5.74, 6) is 0.339. The highest BCUT2D eigenvalue weighted by Crippen LogP contribution is 2.30. The molecular weight excluding hydrogens is 346 g/mol. The van der Waals surface area contributed by atoms with Crippen molar-refractivity contribution in [3.63, 3.8) is 0 Å². The van der Waals surface area contributed by atoms with E-state index in [0.29, 0.717) is 24.7 Å². The van der Waals surface area contributed by atoms with E-state index in [1.807, 2.05) is 6.92 Å². The van der Waals surface area contributed by atoms with Crippen LogP contribution in [-0.4, -0.2) is 46.2 Å². The van der Waals surface area contributed by atoms with Crippen LogP contribution in [0, 0.1) is 0 Å². The van der Waals surface area contributed by atoms with Gasteiger partial charge in [0.1, 0.15) is 0 Å². The molecule has 0 spiro atoms. The van der Waals surface area contributed by atoms with Crippen molar-refractivity contribution < 1.29 is 22.7 Å². The molecule has 0 aliphatic rings. The predicted octanol–water partition coefficient (Wildman–Crippen LogP) is 0.616. The van der Waals surface area contributed by atoms with E-state index in [0.717, 1.165) is 0 Å². The van der Waals surface area contributed by atoms with Crippen molar-refractivity contribution >= 4 is 15.9 Å². The Balaban J connectivity index is 2.81. The molecular formula is C16H27N3O5S. The Morgan fingerprint density at radius 3 is 2.32 bits per heavy atom. The first-order chi connectivity index (χ1) is 11.6. The van der Waals surface area contributed by atoms with Gasteiger partial charge in [0.25, 0.3) is 0 Å². The molecule has 0 aliphatic carbocycles. The third kappa shape index (κ3) is 7.29. The third-order valence-corrected chi connectivity index (χ3v) is 4.39. The van der Waals surface area contributed by atoms with Crippen LogP contribution >= 0.6 is 0 Å². The molecule has 0 fully saturated rings. The van der Waals surface area contributed by atoms with Crippen molar-refractivity contribution in [3.8, 4) is 11.5 Å². The van der Waals surface area contributed by atoms with E-state index in [4.69, 9.17) is 15.2 Å². The van der Waals surface area contributed by atoms with Gasteiger partial charge < -0.3 is 20.5 Å². The van der Waals surface area contributed by atoms with Crippen LogP contribution in [0.1, 0.15) is 27.7 Å². The van der Waals surface area contributed by atoms with Crippen LogP contribution in [0.3, 0.4) is 0 Å². The number of hydrogen-bond acceptors (Lipinski definition) is 6. The van der Waals surface area contributed by atoms with Crippen molar-refractivity contribution in [2.45, 2.75) is 38.1 Å². The van der Waals surface area contributed by atoms with Gasteiger partial charge in [-0.15, -0.1) is 0 Å². The van der Waals surface area contributed by atoms with Gasteiger partial charge in [0.05, 0.1) is 24.7 Å². The maximum absolute atomic E-state index is 12.4. The molecule has 1 aromatic carbocycles. The summed E-state index contributed by atoms with van der Waals surface area (Å²) in [6.45, 7) is 7.79. The van der Waals surface area contributed by atoms with Crippen LogP contribution in [0.15, 0.2) is 23.1 Å². The van der Waals surface area contributed by atoms with E-state index in [9.17, 15) is 13.2 Å². The molecule has 9 heteroatoms. The monoisotopic (exact) mass is 373 g/mol. The second-order valence-electron chi connectivity index (χ2n) is 6.06. The fraction of sp³-hybridized carbons (Fsp3) is 0.562. The quantitative estimate of drug-likeness (QED) is 0.553. The first-order valence-corrected chi connectivity index (χ1v) is 9.52. The topological polar surface area (TPSA) is 120 Å². The third-order valence-electron chi connectivity index (χ3n) is 2.99. The Morgan fingerprint density at radius 1 is 1.16 bits per heavy atom. The number of rotatable bonds is 10. The zero-order valence-corrected chi connectivity index (χ0v) is 15.9. The van der Waals surface area contributed by atoms with E-state index >= 15 is 0 Å². The molecule has 1 amide bonds. The maximum Gasteiger partial charge on any atom is 0.241 e. The number of carbonyl (C=O) groups is 1. The van der Waals surface area contributed by atoms with Gasteiger partial charge in [-0.25, -0.2) is 13.1 Å². The minimum Gasteiger partial charge on any atom is -0.490 e. The van der Waals surface area contributed by atoms with Gasteiger partial charge in [-0.3, -0.25) is 4.79 Å². The molecule has 0 saturated heterocycles. The van der Waals surface area contributed by atoms with Gasteiger partial charge in [0.2, 0.25) is 15.9 Å². The highest BCUT2D eigenvalue weighted by atomic mass is 32.2. The van der Waals surface area contributed by atoms with Crippen molar-refractivity contribution in [3.05, 3.63) is 18.2 Å². The average Bonchev–Trinajstić information content (AvgIpc) is 2.52. The number of nitrogens with one attached hydrogen (secondary N) is 2. The first-order valence-electron chi connectivity index (χ1n) is 8.04. The van der Waals surface area contributed by atoms with E-state index in [2.05, 4.69) is 10.0 Å². The predicted molar refractivity (Wildman–Crippen MR) is 95.2 cm³/mol. The smallest absolute Gasteiger partial charge is 0.241 e. The largest absolute Gasteiger partial charge is 0.490 e. The van der Waals surface area contributed by atoms with E-state index in [1.54, 1.807) is 20.8 Å². The summed E-state index contributed by atoms with van der Waals surface area (Å²) in [5.41, 5.74) is 5.19. The van der Waals surface area contributed by atoms with Gasteiger partial charge in [-0.2, -0.15) is 0 Å². The summed E-state index contributed by atoms with van der Waals surface area (Å²) in [7, 11) is -3.86. The number of benzene rings is 1. The minimum absolute atomic E-state index is 0.00800. The Bertz CT molecular complexity index is 684. The Morgan fingerprint density at radius 2 is 1.76 bits per heavy atom. The number of ether oxygens (including phenoxy) is 2. The molecule has 0 atom stereocenters. The van der Waals surface area contributed by atoms with Crippen LogP contribution in [0.2, 0.25) is 0 Å². The molecule has 0 bridgehead atoms. The van der Waals surface area contributed by atoms with Crippen LogP contribution in [0.4, 0.5) is 0 Å². The molecule has 1 rings (SSSR count). The molecule has 0 unspecified atom stereocenters. The number of nitrogens with two attached hydrogens (primary N) is 1. The summed E-state index contributed by atoms with van der Waals surface area (Å²) in [6.07, 6.45) is 0. The van der Waals surface area contributed by atoms with Crippen LogP contribution in [0.25, 0.3) is 0 Å². The fourth-order valence-corrected chi connectivity index (χ4v) is 2.83. The Hall–Kier alpha value is -1.84. The lowest BCUT2D eigenvalue weighted by atomic mass is 10.1. The van der Waals surface area contributed by atoms with Gasteiger partial charge in [0, 0.05) is 18.2 Å². The van der Waals surface area contributed by atoms with E-state index < -0.39 is 21.5 Å². The van der Waals surface area contributed by atoms with Gasteiger partial charge in [-0.05, 0) is 39.8 Å². The van der Waals surface area contributed by atoms with Crippen molar-refractivity contribution in [1.82, 2.24) is 10.0 Å². The summed E-state index contributed by atoms with van der Waals surface area (Å²) in [6, 6.07) is 4.30. The minimum atomic E-state index is -3.86. The molecule has 0 radical (unpaired) electrons. The van der Waals surface area contributed by atoms with Crippen LogP contribution in [-0.2, 0) is 14.8 Å². The second kappa shape index (κ2) is 9.02. The maximum atomic E-state index is 12.4. The zero-order valence-electron chi connectivity index (χ0n) is 15.1. The molecule has 0 aromatic heterocycles. The summed E-state index contributed by atoms with van der Waals surface area (Å²) < 4.78 is 37.8. The number of carbonyl (C=O) groups excluding carboxylic acids is 1. The number of amides is 1. The highest BCUT2D eigenvalue weighted by molar-refractivity contribution is 7.89. The van der Waals surface area contributed by atoms with Crippen molar-refractivity contribution in [1.29, 1.82) is 0 Å². The first kappa shape index (κ1) is 21.2. The number of hydrogen-bond donors (Lipinski definition) is 3. The SMILES string of the molecule is CCOc1ccc(S(=O)(=O)NCC(=O)NCC(C)(C)N)cc1OCC. The zero-order chi connectivity index (χ0) is 19.1. The molecule has 142 valence electrons. The molecule has 0 aliphatic heterocycles. The van der Waals surface area contributed by atoms with Gasteiger partial charge in [0.15, 0.2) is 11.5 Å². The molecule has 1 aromatic rings. The van der Waals surface area contributed by atoms with Gasteiger partial charge in [-0.1, -0.05) is 0 Å². The fourth-order valence-electron chi connectivity index (χ4n) is 1.83. The summed E-state index contributed by atoms with van der Waals surface area (Å²) in [4.78, 5) is 11.7. The lowest BCUT2D eigenvalue weighted by Crippen LogP contribution is -2.47. The van der Waals surface area contributed by atoms with Crippen molar-refractivity contribution in [2.24, 2.45) is 5.73 Å². The van der Waals surface area contributed by atoms with Crippen LogP contribution < -0.4 is 25.2 Å². The van der Waals surface area contributed by atoms with E-state index in [1.165, 1.54) is 18.2 Å². The molecule has 8 nitrogen and oxygen atoms in total. The van der Waals surface area contributed by atoms with Gasteiger partial charge >= 0.3 is 0 Å². The standard InChI is InChI=1S/C16H27N3O5S/c1-5-23-13-8-7-12(9-14(13)24-6-2)25(21,22)19-10-15(20)18-11-16(3,4)17/h7-9,19H,5-6,10-11,17H2,1-4H3,(H,18,20). The average molecular weight is 373 g/mol. The lowest BCUT2D eigenvalue weighted by Gasteiger charge is -2.19. The number of sulfonamides is 1. The molecule has 4 N–H and O–H groups in total. The highest BCUT2D eigenvalue weighted by Gasteiger charge is 2.19. The summed E-state index contributed by atoms with van der Waals surface area (Å²) in [5, 5.41) is 2.57. The van der Waals surface area contributed by atoms with Crippen molar-refractivity contribution in [2.75, 3.05) is 26.3 Å². The molecule has 0 heterocycles. The Labute approximate surface area is 149 Å². The van der Waals surface area contributed by atoms with Crippen LogP contribution in [0.5, 0.6) is 11.5 Å².